The lowest BCUT2D eigenvalue weighted by Crippen LogP contribution is -1.98. The van der Waals surface area contributed by atoms with E-state index >= 15 is 0 Å². The molecule has 8 heteroatoms. The van der Waals surface area contributed by atoms with Crippen LogP contribution in [0.5, 0.6) is 0 Å². The van der Waals surface area contributed by atoms with Gasteiger partial charge in [-0.3, -0.25) is 10.1 Å². The maximum Gasteiger partial charge on any atom is 0.282 e. The Balaban J connectivity index is 2.30. The Morgan fingerprint density at radius 2 is 1.71 bits per heavy atom. The van der Waals surface area contributed by atoms with Crippen molar-refractivity contribution >= 4 is 33.5 Å². The summed E-state index contributed by atoms with van der Waals surface area (Å²) < 4.78 is 27.5. The number of nitro benzene ring substituents is 1. The van der Waals surface area contributed by atoms with Crippen molar-refractivity contribution in [1.82, 2.24) is 0 Å². The van der Waals surface area contributed by atoms with Gasteiger partial charge in [-0.2, -0.15) is 12.8 Å². The van der Waals surface area contributed by atoms with E-state index in [0.29, 0.717) is 10.6 Å². The predicted molar refractivity (Wildman–Crippen MR) is 79.3 cm³/mol. The number of halogens is 1. The van der Waals surface area contributed by atoms with Crippen LogP contribution in [-0.4, -0.2) is 19.6 Å². The lowest BCUT2D eigenvalue weighted by atomic mass is 10.2. The van der Waals surface area contributed by atoms with Gasteiger partial charge in [0.15, 0.2) is 0 Å². The van der Waals surface area contributed by atoms with Gasteiger partial charge in [-0.15, -0.1) is 0 Å². The average molecular weight is 325 g/mol. The van der Waals surface area contributed by atoms with Crippen LogP contribution >= 0.6 is 11.6 Å². The molecule has 0 spiro atoms. The maximum atomic E-state index is 12.0. The van der Waals surface area contributed by atoms with E-state index in [1.54, 1.807) is 24.3 Å². The normalized spacial score (nSPS) is 11.7. The largest absolute Gasteiger partial charge is 0.282 e. The third-order valence-corrected chi connectivity index (χ3v) is 4.18. The van der Waals surface area contributed by atoms with Gasteiger partial charge < -0.3 is 0 Å². The van der Waals surface area contributed by atoms with Gasteiger partial charge in [0.25, 0.3) is 15.7 Å². The van der Waals surface area contributed by atoms with Crippen molar-refractivity contribution in [3.05, 3.63) is 69.2 Å². The highest BCUT2D eigenvalue weighted by Crippen LogP contribution is 2.18. The molecule has 0 fully saturated rings. The van der Waals surface area contributed by atoms with Gasteiger partial charge in [0.2, 0.25) is 0 Å². The smallest absolute Gasteiger partial charge is 0.258 e. The number of hydrogen-bond acceptors (Lipinski definition) is 4. The number of non-ortho nitro benzene ring substituents is 1. The molecular formula is C13H9ClN2O4S. The van der Waals surface area contributed by atoms with Crippen molar-refractivity contribution in [2.75, 3.05) is 0 Å². The van der Waals surface area contributed by atoms with Gasteiger partial charge >= 0.3 is 0 Å². The minimum Gasteiger partial charge on any atom is -0.258 e. The van der Waals surface area contributed by atoms with Gasteiger partial charge in [-0.1, -0.05) is 29.8 Å². The van der Waals surface area contributed by atoms with Crippen LogP contribution in [0.15, 0.2) is 57.8 Å². The number of nitro groups is 1. The van der Waals surface area contributed by atoms with Crippen LogP contribution in [0.1, 0.15) is 5.56 Å². The van der Waals surface area contributed by atoms with Crippen molar-refractivity contribution in [2.24, 2.45) is 4.40 Å². The van der Waals surface area contributed by atoms with E-state index < -0.39 is 14.9 Å². The van der Waals surface area contributed by atoms with E-state index in [-0.39, 0.29) is 10.6 Å². The number of sulfonamides is 1. The quantitative estimate of drug-likeness (QED) is 0.491. The third kappa shape index (κ3) is 3.65. The second kappa shape index (κ2) is 6.02. The molecule has 0 saturated heterocycles. The Morgan fingerprint density at radius 3 is 2.29 bits per heavy atom. The summed E-state index contributed by atoms with van der Waals surface area (Å²) in [7, 11) is -3.93. The molecule has 0 heterocycles. The van der Waals surface area contributed by atoms with Crippen LogP contribution in [0, 0.1) is 10.1 Å². The van der Waals surface area contributed by atoms with Crippen molar-refractivity contribution in [2.45, 2.75) is 4.90 Å². The summed E-state index contributed by atoms with van der Waals surface area (Å²) in [5, 5.41) is 10.9. The van der Waals surface area contributed by atoms with Crippen LogP contribution in [-0.2, 0) is 10.0 Å². The zero-order chi connectivity index (χ0) is 15.5. The fourth-order valence-corrected chi connectivity index (χ4v) is 2.55. The molecule has 2 aromatic rings. The molecule has 0 aliphatic rings. The Morgan fingerprint density at radius 1 is 1.10 bits per heavy atom. The molecule has 0 amide bonds. The fourth-order valence-electron chi connectivity index (χ4n) is 1.51. The molecule has 0 aliphatic carbocycles. The zero-order valence-electron chi connectivity index (χ0n) is 10.5. The van der Waals surface area contributed by atoms with Crippen LogP contribution < -0.4 is 0 Å². The molecule has 0 aromatic heterocycles. The Hall–Kier alpha value is -2.25. The Bertz CT molecular complexity index is 801. The number of nitrogens with zero attached hydrogens (tertiary/aromatic N) is 2. The topological polar surface area (TPSA) is 89.6 Å². The fraction of sp³-hybridized carbons (Fsp3) is 0. The standard InChI is InChI=1S/C13H9ClN2O4S/c14-13-4-2-1-3-10(13)9-15-21(19,20)12-7-5-11(6-8-12)16(17)18/h1-9H/b15-9+. The van der Waals surface area contributed by atoms with Gasteiger partial charge in [0, 0.05) is 28.9 Å². The summed E-state index contributed by atoms with van der Waals surface area (Å²) in [4.78, 5) is 9.79. The van der Waals surface area contributed by atoms with E-state index in [9.17, 15) is 18.5 Å². The molecule has 0 unspecified atom stereocenters. The third-order valence-electron chi connectivity index (χ3n) is 2.58. The van der Waals surface area contributed by atoms with Crippen molar-refractivity contribution in [3.63, 3.8) is 0 Å². The van der Waals surface area contributed by atoms with Gasteiger partial charge in [0.05, 0.1) is 9.82 Å². The van der Waals surface area contributed by atoms with Gasteiger partial charge in [-0.05, 0) is 18.2 Å². The second-order valence-electron chi connectivity index (χ2n) is 3.98. The minimum atomic E-state index is -3.93. The molecule has 6 nitrogen and oxygen atoms in total. The molecule has 0 bridgehead atoms. The Kier molecular flexibility index (Phi) is 4.35. The second-order valence-corrected chi connectivity index (χ2v) is 6.02. The highest BCUT2D eigenvalue weighted by Gasteiger charge is 2.14. The molecular weight excluding hydrogens is 316 g/mol. The predicted octanol–water partition coefficient (Wildman–Crippen LogP) is 3.06. The first-order valence-electron chi connectivity index (χ1n) is 5.69. The summed E-state index contributed by atoms with van der Waals surface area (Å²) >= 11 is 5.89. The van der Waals surface area contributed by atoms with Gasteiger partial charge in [0.1, 0.15) is 0 Å². The van der Waals surface area contributed by atoms with E-state index in [2.05, 4.69) is 4.40 Å². The molecule has 21 heavy (non-hydrogen) atoms. The first kappa shape index (κ1) is 15.1. The highest BCUT2D eigenvalue weighted by molar-refractivity contribution is 7.90. The molecule has 0 N–H and O–H groups in total. The lowest BCUT2D eigenvalue weighted by molar-refractivity contribution is -0.384. The number of rotatable bonds is 4. The highest BCUT2D eigenvalue weighted by atomic mass is 35.5. The van der Waals surface area contributed by atoms with Crippen LogP contribution in [0.2, 0.25) is 5.02 Å². The van der Waals surface area contributed by atoms with Gasteiger partial charge in [-0.25, -0.2) is 0 Å². The summed E-state index contributed by atoms with van der Waals surface area (Å²) in [6, 6.07) is 11.1. The monoisotopic (exact) mass is 324 g/mol. The first-order valence-corrected chi connectivity index (χ1v) is 7.51. The summed E-state index contributed by atoms with van der Waals surface area (Å²) in [5.74, 6) is 0. The van der Waals surface area contributed by atoms with Crippen LogP contribution in [0.3, 0.4) is 0 Å². The van der Waals surface area contributed by atoms with E-state index in [1.165, 1.54) is 0 Å². The SMILES string of the molecule is O=[N+]([O-])c1ccc(S(=O)(=O)/N=C/c2ccccc2Cl)cc1. The summed E-state index contributed by atoms with van der Waals surface area (Å²) in [6.07, 6.45) is 1.14. The molecule has 0 atom stereocenters. The van der Waals surface area contributed by atoms with Crippen molar-refractivity contribution in [3.8, 4) is 0 Å². The van der Waals surface area contributed by atoms with E-state index in [1.807, 2.05) is 0 Å². The van der Waals surface area contributed by atoms with Crippen LogP contribution in [0.4, 0.5) is 5.69 Å². The minimum absolute atomic E-state index is 0.128. The van der Waals surface area contributed by atoms with E-state index in [0.717, 1.165) is 30.5 Å². The summed E-state index contributed by atoms with van der Waals surface area (Å²) in [5.41, 5.74) is 0.272. The molecule has 2 rings (SSSR count). The molecule has 108 valence electrons. The number of hydrogen-bond donors (Lipinski definition) is 0. The van der Waals surface area contributed by atoms with Crippen LogP contribution in [0.25, 0.3) is 0 Å². The molecule has 0 aliphatic heterocycles. The Labute approximate surface area is 125 Å². The first-order chi connectivity index (χ1) is 9.90. The number of benzene rings is 2. The van der Waals surface area contributed by atoms with E-state index in [4.69, 9.17) is 11.6 Å². The molecule has 0 radical (unpaired) electrons. The lowest BCUT2D eigenvalue weighted by Gasteiger charge is -1.99. The molecule has 0 saturated carbocycles. The zero-order valence-corrected chi connectivity index (χ0v) is 12.1. The maximum absolute atomic E-state index is 12.0. The summed E-state index contributed by atoms with van der Waals surface area (Å²) in [6.45, 7) is 0. The van der Waals surface area contributed by atoms with Crippen molar-refractivity contribution in [1.29, 1.82) is 0 Å². The molecule has 2 aromatic carbocycles. The van der Waals surface area contributed by atoms with Crippen molar-refractivity contribution < 1.29 is 13.3 Å². The average Bonchev–Trinajstić information content (AvgIpc) is 2.46.